The minimum absolute atomic E-state index is 0.140. The molecule has 0 heterocycles. The van der Waals surface area contributed by atoms with Gasteiger partial charge in [0.2, 0.25) is 0 Å². The monoisotopic (exact) mass is 341 g/mol. The summed E-state index contributed by atoms with van der Waals surface area (Å²) in [6.07, 6.45) is -0.645. The molecular weight excluding hydrogens is 318 g/mol. The van der Waals surface area contributed by atoms with Crippen LogP contribution >= 0.6 is 11.6 Å². The summed E-state index contributed by atoms with van der Waals surface area (Å²) in [4.78, 5) is 25.4. The van der Waals surface area contributed by atoms with E-state index in [0.717, 1.165) is 5.56 Å². The lowest BCUT2D eigenvalue weighted by Gasteiger charge is -2.33. The SMILES string of the molecule is CC(C)C(C(=O)O)N(Cc1ccc(Cl)cc1)C(=O)OC(C)(C)C. The highest BCUT2D eigenvalue weighted by atomic mass is 35.5. The molecule has 5 nitrogen and oxygen atoms in total. The zero-order chi connectivity index (χ0) is 17.8. The minimum Gasteiger partial charge on any atom is -0.480 e. The number of carbonyl (C=O) groups is 2. The molecule has 1 amide bonds. The molecule has 128 valence electrons. The van der Waals surface area contributed by atoms with Gasteiger partial charge in [-0.25, -0.2) is 9.59 Å². The summed E-state index contributed by atoms with van der Waals surface area (Å²) in [6.45, 7) is 8.90. The molecule has 1 aromatic carbocycles. The van der Waals surface area contributed by atoms with Crippen molar-refractivity contribution in [3.05, 3.63) is 34.9 Å². The molecule has 1 aromatic rings. The van der Waals surface area contributed by atoms with Gasteiger partial charge in [-0.2, -0.15) is 0 Å². The van der Waals surface area contributed by atoms with Crippen molar-refractivity contribution in [2.45, 2.75) is 52.8 Å². The van der Waals surface area contributed by atoms with E-state index in [4.69, 9.17) is 16.3 Å². The number of ether oxygens (including phenoxy) is 1. The number of carbonyl (C=O) groups excluding carboxylic acids is 1. The zero-order valence-electron chi connectivity index (χ0n) is 14.2. The normalized spacial score (nSPS) is 12.8. The summed E-state index contributed by atoms with van der Waals surface area (Å²) in [5.74, 6) is -1.31. The average Bonchev–Trinajstić information content (AvgIpc) is 2.37. The van der Waals surface area contributed by atoms with Crippen LogP contribution in [0.4, 0.5) is 4.79 Å². The van der Waals surface area contributed by atoms with Crippen molar-refractivity contribution >= 4 is 23.7 Å². The Morgan fingerprint density at radius 3 is 2.13 bits per heavy atom. The Kier molecular flexibility index (Phi) is 6.45. The first kappa shape index (κ1) is 19.3. The number of aliphatic carboxylic acids is 1. The number of hydrogen-bond acceptors (Lipinski definition) is 3. The van der Waals surface area contributed by atoms with Crippen LogP contribution in [-0.2, 0) is 16.1 Å². The van der Waals surface area contributed by atoms with Crippen LogP contribution in [0.3, 0.4) is 0 Å². The smallest absolute Gasteiger partial charge is 0.411 e. The lowest BCUT2D eigenvalue weighted by Crippen LogP contribution is -2.49. The van der Waals surface area contributed by atoms with Crippen LogP contribution in [0.2, 0.25) is 5.02 Å². The quantitative estimate of drug-likeness (QED) is 0.872. The number of halogens is 1. The van der Waals surface area contributed by atoms with Crippen LogP contribution in [0.25, 0.3) is 0 Å². The molecule has 6 heteroatoms. The van der Waals surface area contributed by atoms with E-state index in [1.165, 1.54) is 4.90 Å². The Morgan fingerprint density at radius 2 is 1.74 bits per heavy atom. The summed E-state index contributed by atoms with van der Waals surface area (Å²) >= 11 is 5.86. The number of carboxylic acid groups (broad SMARTS) is 1. The zero-order valence-corrected chi connectivity index (χ0v) is 14.9. The van der Waals surface area contributed by atoms with Crippen molar-refractivity contribution in [3.63, 3.8) is 0 Å². The van der Waals surface area contributed by atoms with Crippen molar-refractivity contribution < 1.29 is 19.4 Å². The standard InChI is InChI=1S/C17H24ClNO4/c1-11(2)14(15(20)21)19(16(22)23-17(3,4)5)10-12-6-8-13(18)9-7-12/h6-9,11,14H,10H2,1-5H3,(H,20,21). The maximum Gasteiger partial charge on any atom is 0.411 e. The van der Waals surface area contributed by atoms with Gasteiger partial charge in [-0.3, -0.25) is 4.90 Å². The first-order valence-electron chi connectivity index (χ1n) is 7.48. The van der Waals surface area contributed by atoms with Gasteiger partial charge >= 0.3 is 12.1 Å². The highest BCUT2D eigenvalue weighted by molar-refractivity contribution is 6.30. The molecule has 0 aliphatic carbocycles. The number of carboxylic acids is 1. The van der Waals surface area contributed by atoms with Crippen LogP contribution in [0.5, 0.6) is 0 Å². The Labute approximate surface area is 142 Å². The molecule has 1 atom stereocenters. The number of hydrogen-bond donors (Lipinski definition) is 1. The Hall–Kier alpha value is -1.75. The molecule has 0 aliphatic rings. The van der Waals surface area contributed by atoms with Gasteiger partial charge in [0.25, 0.3) is 0 Å². The number of nitrogens with zero attached hydrogens (tertiary/aromatic N) is 1. The molecule has 0 saturated carbocycles. The third-order valence-corrected chi connectivity index (χ3v) is 3.37. The van der Waals surface area contributed by atoms with Gasteiger partial charge in [-0.1, -0.05) is 37.6 Å². The molecule has 1 unspecified atom stereocenters. The molecule has 0 saturated heterocycles. The van der Waals surface area contributed by atoms with Gasteiger partial charge in [0.05, 0.1) is 0 Å². The summed E-state index contributed by atoms with van der Waals surface area (Å²) in [5.41, 5.74) is 0.0854. The number of amides is 1. The van der Waals surface area contributed by atoms with E-state index in [2.05, 4.69) is 0 Å². The van der Waals surface area contributed by atoms with E-state index < -0.39 is 23.7 Å². The first-order chi connectivity index (χ1) is 10.5. The molecular formula is C17H24ClNO4. The molecule has 0 aromatic heterocycles. The number of rotatable bonds is 5. The van der Waals surface area contributed by atoms with Crippen LogP contribution in [0.15, 0.2) is 24.3 Å². The Balaban J connectivity index is 3.11. The lowest BCUT2D eigenvalue weighted by molar-refractivity contribution is -0.145. The minimum atomic E-state index is -1.06. The predicted octanol–water partition coefficient (Wildman–Crippen LogP) is 4.19. The topological polar surface area (TPSA) is 66.8 Å². The molecule has 23 heavy (non-hydrogen) atoms. The highest BCUT2D eigenvalue weighted by Crippen LogP contribution is 2.20. The second-order valence-electron chi connectivity index (χ2n) is 6.76. The van der Waals surface area contributed by atoms with Gasteiger partial charge in [0.1, 0.15) is 11.6 Å². The summed E-state index contributed by atoms with van der Waals surface area (Å²) in [7, 11) is 0. The summed E-state index contributed by atoms with van der Waals surface area (Å²) < 4.78 is 5.37. The fourth-order valence-corrected chi connectivity index (χ4v) is 2.29. The Morgan fingerprint density at radius 1 is 1.22 bits per heavy atom. The second kappa shape index (κ2) is 7.68. The van der Waals surface area contributed by atoms with E-state index in [1.54, 1.807) is 58.9 Å². The van der Waals surface area contributed by atoms with Crippen LogP contribution in [0, 0.1) is 5.92 Å². The maximum atomic E-state index is 12.5. The van der Waals surface area contributed by atoms with Crippen molar-refractivity contribution in [2.75, 3.05) is 0 Å². The van der Waals surface area contributed by atoms with Gasteiger partial charge in [-0.15, -0.1) is 0 Å². The van der Waals surface area contributed by atoms with E-state index in [0.29, 0.717) is 5.02 Å². The van der Waals surface area contributed by atoms with E-state index in [-0.39, 0.29) is 12.5 Å². The molecule has 0 radical (unpaired) electrons. The van der Waals surface area contributed by atoms with Crippen molar-refractivity contribution in [1.82, 2.24) is 4.90 Å². The lowest BCUT2D eigenvalue weighted by atomic mass is 10.0. The first-order valence-corrected chi connectivity index (χ1v) is 7.86. The molecule has 1 N–H and O–H groups in total. The maximum absolute atomic E-state index is 12.5. The number of benzene rings is 1. The third-order valence-electron chi connectivity index (χ3n) is 3.11. The van der Waals surface area contributed by atoms with Crippen LogP contribution in [-0.4, -0.2) is 33.7 Å². The van der Waals surface area contributed by atoms with Crippen molar-refractivity contribution in [1.29, 1.82) is 0 Å². The molecule has 0 bridgehead atoms. The largest absolute Gasteiger partial charge is 0.480 e. The van der Waals surface area contributed by atoms with E-state index in [1.807, 2.05) is 0 Å². The molecule has 1 rings (SSSR count). The molecule has 0 spiro atoms. The van der Waals surface area contributed by atoms with E-state index >= 15 is 0 Å². The predicted molar refractivity (Wildman–Crippen MR) is 89.5 cm³/mol. The fourth-order valence-electron chi connectivity index (χ4n) is 2.16. The van der Waals surface area contributed by atoms with Crippen LogP contribution < -0.4 is 0 Å². The van der Waals surface area contributed by atoms with Gasteiger partial charge in [0, 0.05) is 11.6 Å². The third kappa shape index (κ3) is 6.10. The summed E-state index contributed by atoms with van der Waals surface area (Å²) in [6, 6.07) is 5.96. The van der Waals surface area contributed by atoms with Gasteiger partial charge in [-0.05, 0) is 44.4 Å². The van der Waals surface area contributed by atoms with E-state index in [9.17, 15) is 14.7 Å². The highest BCUT2D eigenvalue weighted by Gasteiger charge is 2.35. The average molecular weight is 342 g/mol. The fraction of sp³-hybridized carbons (Fsp3) is 0.529. The molecule has 0 aliphatic heterocycles. The van der Waals surface area contributed by atoms with Crippen molar-refractivity contribution in [3.8, 4) is 0 Å². The second-order valence-corrected chi connectivity index (χ2v) is 7.20. The van der Waals surface area contributed by atoms with Gasteiger partial charge < -0.3 is 9.84 Å². The Bertz CT molecular complexity index is 549. The summed E-state index contributed by atoms with van der Waals surface area (Å²) in [5, 5.41) is 10.1. The van der Waals surface area contributed by atoms with Gasteiger partial charge in [0.15, 0.2) is 0 Å². The molecule has 0 fully saturated rings. The van der Waals surface area contributed by atoms with Crippen LogP contribution in [0.1, 0.15) is 40.2 Å². The van der Waals surface area contributed by atoms with Crippen molar-refractivity contribution in [2.24, 2.45) is 5.92 Å².